The van der Waals surface area contributed by atoms with Crippen LogP contribution in [-0.4, -0.2) is 31.4 Å². The van der Waals surface area contributed by atoms with Crippen molar-refractivity contribution in [3.63, 3.8) is 0 Å². The number of hydrogen-bond donors (Lipinski definition) is 1. The van der Waals surface area contributed by atoms with Crippen LogP contribution in [0, 0.1) is 0 Å². The van der Waals surface area contributed by atoms with Gasteiger partial charge in [0.25, 0.3) is 0 Å². The Morgan fingerprint density at radius 2 is 1.94 bits per heavy atom. The number of benzene rings is 1. The van der Waals surface area contributed by atoms with Crippen molar-refractivity contribution < 1.29 is 28.6 Å². The number of ether oxygens (including phenoxy) is 2. The molecule has 0 atom stereocenters. The van der Waals surface area contributed by atoms with E-state index in [0.29, 0.717) is 17.0 Å². The van der Waals surface area contributed by atoms with Crippen LogP contribution in [0.2, 0.25) is 0 Å². The summed E-state index contributed by atoms with van der Waals surface area (Å²) < 4.78 is 16.1. The van der Waals surface area contributed by atoms with Gasteiger partial charge in [-0.3, -0.25) is 4.52 Å². The predicted molar refractivity (Wildman–Crippen MR) is 111 cm³/mol. The number of hydrogen-bond acceptors (Lipinski definition) is 8. The van der Waals surface area contributed by atoms with Gasteiger partial charge in [0.05, 0.1) is 25.7 Å². The average molecular weight is 443 g/mol. The summed E-state index contributed by atoms with van der Waals surface area (Å²) in [4.78, 5) is 29.9. The van der Waals surface area contributed by atoms with E-state index in [0.717, 1.165) is 42.5 Å². The third-order valence-corrected chi connectivity index (χ3v) is 6.36. The minimum Gasteiger partial charge on any atom is -0.854 e. The lowest BCUT2D eigenvalue weighted by molar-refractivity contribution is -0.673. The smallest absolute Gasteiger partial charge is 0.436 e. The highest BCUT2D eigenvalue weighted by Gasteiger charge is 2.28. The second kappa shape index (κ2) is 8.76. The maximum atomic E-state index is 13.0. The number of esters is 1. The summed E-state index contributed by atoms with van der Waals surface area (Å²) in [6.07, 6.45) is 4.62. The molecule has 0 amide bonds. The van der Waals surface area contributed by atoms with Gasteiger partial charge in [-0.2, -0.15) is 0 Å². The fourth-order valence-electron chi connectivity index (χ4n) is 3.63. The topological polar surface area (TPSA) is 121 Å². The minimum absolute atomic E-state index is 0.255. The molecule has 0 saturated carbocycles. The van der Waals surface area contributed by atoms with Crippen molar-refractivity contribution in [2.24, 2.45) is 4.99 Å². The van der Waals surface area contributed by atoms with Gasteiger partial charge in [-0.15, -0.1) is 11.3 Å². The Hall–Kier alpha value is -3.40. The van der Waals surface area contributed by atoms with Gasteiger partial charge >= 0.3 is 17.3 Å². The summed E-state index contributed by atoms with van der Waals surface area (Å²) in [5.74, 6) is -0.724. The molecule has 0 spiro atoms. The van der Waals surface area contributed by atoms with E-state index in [4.69, 9.17) is 14.0 Å². The molecule has 0 radical (unpaired) electrons. The number of aromatic nitrogens is 2. The number of carbonyl (C=O) groups excluding carboxylic acids is 1. The summed E-state index contributed by atoms with van der Waals surface area (Å²) >= 11 is 1.30. The fraction of sp³-hybridized carbons (Fsp3) is 0.333. The molecule has 0 bridgehead atoms. The molecular weight excluding hydrogens is 422 g/mol. The lowest BCUT2D eigenvalue weighted by Gasteiger charge is -2.06. The predicted octanol–water partition coefficient (Wildman–Crippen LogP) is 1.81. The van der Waals surface area contributed by atoms with Crippen LogP contribution in [0.4, 0.5) is 5.00 Å². The Bertz CT molecular complexity index is 1190. The van der Waals surface area contributed by atoms with Gasteiger partial charge < -0.3 is 14.6 Å². The summed E-state index contributed by atoms with van der Waals surface area (Å²) in [5, 5.41) is 15.7. The first-order valence-corrected chi connectivity index (χ1v) is 10.6. The van der Waals surface area contributed by atoms with Gasteiger partial charge in [-0.05, 0) is 53.3 Å². The fourth-order valence-corrected chi connectivity index (χ4v) is 4.88. The van der Waals surface area contributed by atoms with Crippen molar-refractivity contribution in [1.29, 1.82) is 0 Å². The van der Waals surface area contributed by atoms with Gasteiger partial charge in [0.2, 0.25) is 5.69 Å². The van der Waals surface area contributed by atoms with Crippen molar-refractivity contribution in [2.45, 2.75) is 32.1 Å². The average Bonchev–Trinajstić information content (AvgIpc) is 3.24. The van der Waals surface area contributed by atoms with Crippen LogP contribution in [0.3, 0.4) is 0 Å². The molecule has 162 valence electrons. The van der Waals surface area contributed by atoms with Gasteiger partial charge in [0.1, 0.15) is 10.8 Å². The third-order valence-electron chi connectivity index (χ3n) is 5.18. The van der Waals surface area contributed by atoms with E-state index in [-0.39, 0.29) is 10.7 Å². The van der Waals surface area contributed by atoms with Gasteiger partial charge in [0.15, 0.2) is 0 Å². The monoisotopic (exact) mass is 443 g/mol. The SMILES string of the molecule is COC(=O)c1c(/N=C(\[O-])c2c(=O)o[nH][n+]2-c2ccc(OC)cc2)sc2c1CCCCC2. The van der Waals surface area contributed by atoms with Gasteiger partial charge in [-0.25, -0.2) is 14.6 Å². The summed E-state index contributed by atoms with van der Waals surface area (Å²) in [6, 6.07) is 6.69. The van der Waals surface area contributed by atoms with Crippen molar-refractivity contribution in [1.82, 2.24) is 5.27 Å². The van der Waals surface area contributed by atoms with E-state index in [1.165, 1.54) is 30.2 Å². The molecule has 1 aliphatic rings. The molecule has 2 heterocycles. The molecule has 0 fully saturated rings. The Balaban J connectivity index is 1.80. The Morgan fingerprint density at radius 1 is 1.19 bits per heavy atom. The molecule has 1 N–H and O–H groups in total. The van der Waals surface area contributed by atoms with Crippen LogP contribution in [0.15, 0.2) is 38.6 Å². The van der Waals surface area contributed by atoms with Crippen LogP contribution < -0.4 is 20.2 Å². The number of methoxy groups -OCH3 is 2. The van der Waals surface area contributed by atoms with Crippen LogP contribution >= 0.6 is 11.3 Å². The van der Waals surface area contributed by atoms with E-state index < -0.39 is 17.5 Å². The Morgan fingerprint density at radius 3 is 2.65 bits per heavy atom. The molecule has 10 heteroatoms. The van der Waals surface area contributed by atoms with E-state index in [1.54, 1.807) is 24.3 Å². The van der Waals surface area contributed by atoms with Gasteiger partial charge in [-0.1, -0.05) is 6.42 Å². The van der Waals surface area contributed by atoms with E-state index in [2.05, 4.69) is 10.3 Å². The number of H-pyrrole nitrogens is 1. The largest absolute Gasteiger partial charge is 0.854 e. The first kappa shape index (κ1) is 20.9. The standard InChI is InChI=1S/C21H21N3O6S/c1-28-13-10-8-12(9-11-13)24-17(21(27)30-23-24)18(25)22-19-16(20(26)29-2)14-6-4-3-5-7-15(14)31-19/h8-11H,3-7H2,1-2H3,(H-,22,23,25,26,27). The zero-order chi connectivity index (χ0) is 22.0. The highest BCUT2D eigenvalue weighted by molar-refractivity contribution is 7.16. The highest BCUT2D eigenvalue weighted by atomic mass is 32.1. The van der Waals surface area contributed by atoms with Crippen molar-refractivity contribution >= 4 is 28.2 Å². The lowest BCUT2D eigenvalue weighted by Crippen LogP contribution is -2.44. The second-order valence-electron chi connectivity index (χ2n) is 7.02. The van der Waals surface area contributed by atoms with Crippen LogP contribution in [0.5, 0.6) is 5.75 Å². The number of thiophene rings is 1. The van der Waals surface area contributed by atoms with Crippen molar-refractivity contribution in [3.8, 4) is 11.4 Å². The van der Waals surface area contributed by atoms with Crippen molar-refractivity contribution in [2.75, 3.05) is 14.2 Å². The quantitative estimate of drug-likeness (QED) is 0.211. The molecule has 31 heavy (non-hydrogen) atoms. The van der Waals surface area contributed by atoms with E-state index in [9.17, 15) is 14.7 Å². The van der Waals surface area contributed by atoms with Crippen LogP contribution in [0.25, 0.3) is 5.69 Å². The summed E-state index contributed by atoms with van der Waals surface area (Å²) in [7, 11) is 2.84. The highest BCUT2D eigenvalue weighted by Crippen LogP contribution is 2.39. The normalized spacial score (nSPS) is 14.1. The molecule has 9 nitrogen and oxygen atoms in total. The minimum atomic E-state index is -0.859. The number of carbonyl (C=O) groups is 1. The number of fused-ring (bicyclic) bond motifs is 1. The summed E-state index contributed by atoms with van der Waals surface area (Å²) in [6.45, 7) is 0. The number of nitrogens with zero attached hydrogens (tertiary/aromatic N) is 2. The molecule has 3 aromatic rings. The maximum absolute atomic E-state index is 13.0. The Kier molecular flexibility index (Phi) is 5.90. The van der Waals surface area contributed by atoms with Crippen molar-refractivity contribution in [3.05, 3.63) is 56.4 Å². The van der Waals surface area contributed by atoms with E-state index in [1.807, 2.05) is 0 Å². The van der Waals surface area contributed by atoms with E-state index >= 15 is 0 Å². The van der Waals surface area contributed by atoms with Crippen LogP contribution in [0.1, 0.15) is 45.8 Å². The number of nitrogens with one attached hydrogen (secondary N) is 1. The van der Waals surface area contributed by atoms with Gasteiger partial charge in [0, 0.05) is 17.0 Å². The summed E-state index contributed by atoms with van der Waals surface area (Å²) in [5.41, 5.74) is 0.533. The molecule has 0 unspecified atom stereocenters. The molecule has 4 rings (SSSR count). The maximum Gasteiger partial charge on any atom is 0.436 e. The lowest BCUT2D eigenvalue weighted by atomic mass is 10.1. The first-order valence-electron chi connectivity index (χ1n) is 9.80. The van der Waals surface area contributed by atoms with Crippen LogP contribution in [-0.2, 0) is 17.6 Å². The zero-order valence-electron chi connectivity index (χ0n) is 17.1. The number of rotatable bonds is 5. The Labute approximate surface area is 181 Å². The second-order valence-corrected chi connectivity index (χ2v) is 8.10. The first-order chi connectivity index (χ1) is 15.0. The number of aliphatic imine (C=N–C) groups is 1. The molecular formula is C21H21N3O6S. The third kappa shape index (κ3) is 3.98. The molecule has 2 aromatic heterocycles. The zero-order valence-corrected chi connectivity index (χ0v) is 17.9. The molecule has 0 saturated heterocycles. The molecule has 1 aromatic carbocycles. The molecule has 1 aliphatic carbocycles. The number of aromatic amines is 1. The number of aryl methyl sites for hydroxylation is 1. The molecule has 0 aliphatic heterocycles.